The van der Waals surface area contributed by atoms with E-state index in [1.54, 1.807) is 0 Å². The molecule has 0 aliphatic heterocycles. The molecule has 0 amide bonds. The third-order valence-electron chi connectivity index (χ3n) is 0. The van der Waals surface area contributed by atoms with Gasteiger partial charge in [0.15, 0.2) is 17.4 Å². The van der Waals surface area contributed by atoms with Crippen LogP contribution >= 0.6 is 0 Å². The minimum absolute atomic E-state index is 0. The summed E-state index contributed by atoms with van der Waals surface area (Å²) in [5, 5.41) is 0. The topological polar surface area (TPSA) is 0 Å². The van der Waals surface area contributed by atoms with Gasteiger partial charge in [0, 0.05) is 50.9 Å². The molecular formula is H3AlCoFeMn. The van der Waals surface area contributed by atoms with E-state index in [4.69, 9.17) is 0 Å². The Kier molecular flexibility index (Phi) is 177. The van der Waals surface area contributed by atoms with Crippen LogP contribution in [-0.4, -0.2) is 17.4 Å². The summed E-state index contributed by atoms with van der Waals surface area (Å²) >= 11 is 0. The van der Waals surface area contributed by atoms with Crippen LogP contribution in [0.3, 0.4) is 0 Å². The maximum Gasteiger partial charge on any atom is 0.187 e. The van der Waals surface area contributed by atoms with Gasteiger partial charge in [-0.3, -0.25) is 0 Å². The molecule has 0 atom stereocenters. The van der Waals surface area contributed by atoms with E-state index in [0.717, 1.165) is 0 Å². The third kappa shape index (κ3) is 8.95. The van der Waals surface area contributed by atoms with Crippen molar-refractivity contribution in [2.75, 3.05) is 0 Å². The predicted molar refractivity (Wildman–Crippen MR) is 9.94 cm³/mol. The summed E-state index contributed by atoms with van der Waals surface area (Å²) < 4.78 is 0. The average molecular weight is 200 g/mol. The molecule has 0 saturated carbocycles. The van der Waals surface area contributed by atoms with Gasteiger partial charge in [-0.05, 0) is 0 Å². The summed E-state index contributed by atoms with van der Waals surface area (Å²) in [6.07, 6.45) is 0. The zero-order valence-corrected chi connectivity index (χ0v) is 4.39. The van der Waals surface area contributed by atoms with Crippen molar-refractivity contribution in [3.8, 4) is 0 Å². The summed E-state index contributed by atoms with van der Waals surface area (Å²) in [5.74, 6) is 0. The molecule has 30 valence electrons. The average Bonchev–Trinajstić information content (AvgIpc) is 0. The van der Waals surface area contributed by atoms with Crippen molar-refractivity contribution >= 4 is 17.4 Å². The van der Waals surface area contributed by atoms with Gasteiger partial charge in [0.1, 0.15) is 0 Å². The second-order valence-electron chi connectivity index (χ2n) is 0. The van der Waals surface area contributed by atoms with E-state index in [1.165, 1.54) is 0 Å². The Balaban J connectivity index is 0. The van der Waals surface area contributed by atoms with Crippen molar-refractivity contribution in [2.24, 2.45) is 0 Å². The van der Waals surface area contributed by atoms with Crippen molar-refractivity contribution < 1.29 is 50.9 Å². The van der Waals surface area contributed by atoms with Crippen molar-refractivity contribution in [1.82, 2.24) is 0 Å². The largest absolute Gasteiger partial charge is 0.187 e. The van der Waals surface area contributed by atoms with E-state index in [0.29, 0.717) is 0 Å². The van der Waals surface area contributed by atoms with E-state index in [-0.39, 0.29) is 68.3 Å². The standard InChI is InChI=1S/Al.Co.Fe.Mn.3H. The van der Waals surface area contributed by atoms with Gasteiger partial charge in [-0.1, -0.05) is 0 Å². The summed E-state index contributed by atoms with van der Waals surface area (Å²) in [6.45, 7) is 0. The third-order valence-corrected chi connectivity index (χ3v) is 0. The SMILES string of the molecule is [AlH3].[Co].[Fe].[Mn]. The summed E-state index contributed by atoms with van der Waals surface area (Å²) in [5.41, 5.74) is 0. The van der Waals surface area contributed by atoms with Crippen LogP contribution in [0.25, 0.3) is 0 Å². The maximum atomic E-state index is 0. The van der Waals surface area contributed by atoms with E-state index in [9.17, 15) is 0 Å². The first-order valence-electron chi connectivity index (χ1n) is 0. The second kappa shape index (κ2) is 19.6. The number of hydrogen-bond donors (Lipinski definition) is 0. The number of rotatable bonds is 0. The van der Waals surface area contributed by atoms with Gasteiger partial charge in [0.05, 0.1) is 0 Å². The molecule has 0 unspecified atom stereocenters. The van der Waals surface area contributed by atoms with Crippen molar-refractivity contribution in [3.05, 3.63) is 0 Å². The Morgan fingerprint density at radius 3 is 1.00 bits per heavy atom. The molecule has 0 N–H and O–H groups in total. The summed E-state index contributed by atoms with van der Waals surface area (Å²) in [6, 6.07) is 0. The second-order valence-corrected chi connectivity index (χ2v) is 0. The van der Waals surface area contributed by atoms with Crippen LogP contribution in [0.15, 0.2) is 0 Å². The Bertz CT molecular complexity index is 8.00. The Morgan fingerprint density at radius 1 is 1.00 bits per heavy atom. The fourth-order valence-electron chi connectivity index (χ4n) is 0. The zero-order chi connectivity index (χ0) is 0. The van der Waals surface area contributed by atoms with Crippen LogP contribution in [0.4, 0.5) is 0 Å². The maximum absolute atomic E-state index is 0. The molecule has 0 aromatic rings. The van der Waals surface area contributed by atoms with Crippen molar-refractivity contribution in [2.45, 2.75) is 0 Å². The fourth-order valence-corrected chi connectivity index (χ4v) is 0. The molecule has 0 bridgehead atoms. The molecule has 0 aromatic heterocycles. The smallest absolute Gasteiger partial charge is 0 e. The molecule has 0 heterocycles. The molecule has 4 heavy (non-hydrogen) atoms. The zero-order valence-electron chi connectivity index (χ0n) is 1.06. The van der Waals surface area contributed by atoms with E-state index < -0.39 is 0 Å². The van der Waals surface area contributed by atoms with Crippen LogP contribution in [-0.2, 0) is 50.9 Å². The monoisotopic (exact) mass is 200 g/mol. The molecule has 0 spiro atoms. The molecule has 2 radical (unpaired) electrons. The fraction of sp³-hybridized carbons (Fsp3) is 0. The van der Waals surface area contributed by atoms with E-state index >= 15 is 0 Å². The molecule has 0 fully saturated rings. The first-order chi connectivity index (χ1) is 0. The molecule has 0 aliphatic carbocycles. The molecule has 0 rings (SSSR count). The quantitative estimate of drug-likeness (QED) is 0.431. The van der Waals surface area contributed by atoms with E-state index in [2.05, 4.69) is 0 Å². The van der Waals surface area contributed by atoms with Crippen molar-refractivity contribution in [3.63, 3.8) is 0 Å². The molecule has 0 aromatic carbocycles. The van der Waals surface area contributed by atoms with E-state index in [1.807, 2.05) is 0 Å². The van der Waals surface area contributed by atoms with Crippen LogP contribution in [0, 0.1) is 0 Å². The van der Waals surface area contributed by atoms with Gasteiger partial charge in [0.25, 0.3) is 0 Å². The van der Waals surface area contributed by atoms with Crippen LogP contribution in [0.2, 0.25) is 0 Å². The van der Waals surface area contributed by atoms with Crippen LogP contribution in [0.5, 0.6) is 0 Å². The summed E-state index contributed by atoms with van der Waals surface area (Å²) in [4.78, 5) is 0. The first kappa shape index (κ1) is 36.3. The molecule has 0 aliphatic rings. The van der Waals surface area contributed by atoms with Gasteiger partial charge in [-0.15, -0.1) is 0 Å². The predicted octanol–water partition coefficient (Wildman–Crippen LogP) is -1.19. The first-order valence-corrected chi connectivity index (χ1v) is 0. The van der Waals surface area contributed by atoms with Gasteiger partial charge in [-0.2, -0.15) is 0 Å². The Morgan fingerprint density at radius 2 is 1.00 bits per heavy atom. The van der Waals surface area contributed by atoms with Gasteiger partial charge >= 0.3 is 0 Å². The van der Waals surface area contributed by atoms with Gasteiger partial charge < -0.3 is 0 Å². The molecule has 0 nitrogen and oxygen atoms in total. The molecule has 0 saturated heterocycles. The minimum Gasteiger partial charge on any atom is 0 e. The van der Waals surface area contributed by atoms with Gasteiger partial charge in [0.2, 0.25) is 0 Å². The molecule has 4 heteroatoms. The Labute approximate surface area is 67.8 Å². The van der Waals surface area contributed by atoms with Crippen molar-refractivity contribution in [1.29, 1.82) is 0 Å². The Hall–Kier alpha value is 2.08. The van der Waals surface area contributed by atoms with Crippen LogP contribution < -0.4 is 0 Å². The van der Waals surface area contributed by atoms with Gasteiger partial charge in [-0.25, -0.2) is 0 Å². The minimum atomic E-state index is 0. The summed E-state index contributed by atoms with van der Waals surface area (Å²) in [7, 11) is 0. The van der Waals surface area contributed by atoms with Crippen LogP contribution in [0.1, 0.15) is 0 Å². The number of hydrogen-bond acceptors (Lipinski definition) is 0. The normalized spacial score (nSPS) is 0. The molecular weight excluding hydrogens is 197 g/mol.